The van der Waals surface area contributed by atoms with Gasteiger partial charge in [0.25, 0.3) is 0 Å². The number of aryl methyl sites for hydroxylation is 1. The van der Waals surface area contributed by atoms with E-state index in [1.54, 1.807) is 0 Å². The Balaban J connectivity index is 2.21. The van der Waals surface area contributed by atoms with Crippen molar-refractivity contribution in [3.05, 3.63) is 15.8 Å². The molecule has 0 amide bonds. The van der Waals surface area contributed by atoms with Gasteiger partial charge in [-0.1, -0.05) is 20.3 Å². The van der Waals surface area contributed by atoms with Crippen LogP contribution >= 0.6 is 11.3 Å². The SMILES string of the molecule is Cc1csc(CN)c1S(=O)(=O)NC1CCCC(C)(C)C1. The van der Waals surface area contributed by atoms with Crippen LogP contribution in [0.5, 0.6) is 0 Å². The highest BCUT2D eigenvalue weighted by Gasteiger charge is 2.32. The van der Waals surface area contributed by atoms with Crippen LogP contribution < -0.4 is 10.5 Å². The predicted molar refractivity (Wildman–Crippen MR) is 83.3 cm³/mol. The molecule has 6 heteroatoms. The zero-order chi connectivity index (χ0) is 15.0. The lowest BCUT2D eigenvalue weighted by atomic mass is 9.75. The van der Waals surface area contributed by atoms with E-state index >= 15 is 0 Å². The lowest BCUT2D eigenvalue weighted by Gasteiger charge is -2.35. The average molecular weight is 316 g/mol. The van der Waals surface area contributed by atoms with E-state index in [4.69, 9.17) is 5.73 Å². The smallest absolute Gasteiger partial charge is 0.242 e. The van der Waals surface area contributed by atoms with Gasteiger partial charge in [-0.2, -0.15) is 0 Å². The first-order valence-electron chi connectivity index (χ1n) is 7.04. The van der Waals surface area contributed by atoms with Crippen molar-refractivity contribution in [1.29, 1.82) is 0 Å². The van der Waals surface area contributed by atoms with Crippen molar-refractivity contribution in [2.24, 2.45) is 11.1 Å². The Morgan fingerprint density at radius 1 is 1.50 bits per heavy atom. The molecule has 1 fully saturated rings. The van der Waals surface area contributed by atoms with Crippen LogP contribution in [0, 0.1) is 12.3 Å². The molecular formula is C14H24N2O2S2. The summed E-state index contributed by atoms with van der Waals surface area (Å²) in [6.07, 6.45) is 4.06. The van der Waals surface area contributed by atoms with Gasteiger partial charge in [0.1, 0.15) is 4.90 Å². The molecule has 2 rings (SSSR count). The molecule has 1 unspecified atom stereocenters. The predicted octanol–water partition coefficient (Wildman–Crippen LogP) is 2.76. The zero-order valence-electron chi connectivity index (χ0n) is 12.4. The lowest BCUT2D eigenvalue weighted by Crippen LogP contribution is -2.40. The van der Waals surface area contributed by atoms with E-state index in [0.717, 1.165) is 36.1 Å². The van der Waals surface area contributed by atoms with Gasteiger partial charge in [-0.15, -0.1) is 11.3 Å². The molecule has 0 saturated heterocycles. The Morgan fingerprint density at radius 2 is 2.20 bits per heavy atom. The maximum atomic E-state index is 12.6. The molecule has 20 heavy (non-hydrogen) atoms. The third-order valence-corrected chi connectivity index (χ3v) is 6.98. The molecule has 1 aliphatic rings. The van der Waals surface area contributed by atoms with Crippen molar-refractivity contribution >= 4 is 21.4 Å². The molecule has 1 saturated carbocycles. The van der Waals surface area contributed by atoms with Crippen molar-refractivity contribution in [3.63, 3.8) is 0 Å². The Bertz CT molecular complexity index is 576. The van der Waals surface area contributed by atoms with E-state index in [-0.39, 0.29) is 18.0 Å². The number of hydrogen-bond donors (Lipinski definition) is 2. The van der Waals surface area contributed by atoms with Crippen LogP contribution in [0.25, 0.3) is 0 Å². The molecular weight excluding hydrogens is 292 g/mol. The van der Waals surface area contributed by atoms with Gasteiger partial charge in [0.15, 0.2) is 0 Å². The molecule has 0 bridgehead atoms. The Morgan fingerprint density at radius 3 is 2.80 bits per heavy atom. The molecule has 1 aromatic rings. The minimum absolute atomic E-state index is 0.0358. The highest BCUT2D eigenvalue weighted by molar-refractivity contribution is 7.89. The minimum atomic E-state index is -3.46. The molecule has 3 N–H and O–H groups in total. The normalized spacial score (nSPS) is 22.9. The second-order valence-electron chi connectivity index (χ2n) is 6.45. The van der Waals surface area contributed by atoms with Crippen molar-refractivity contribution in [2.45, 2.75) is 63.9 Å². The molecule has 1 heterocycles. The van der Waals surface area contributed by atoms with E-state index in [1.165, 1.54) is 11.3 Å². The molecule has 1 aromatic heterocycles. The summed E-state index contributed by atoms with van der Waals surface area (Å²) in [5.74, 6) is 0. The number of nitrogens with one attached hydrogen (secondary N) is 1. The van der Waals surface area contributed by atoms with Crippen molar-refractivity contribution in [1.82, 2.24) is 4.72 Å². The molecule has 1 atom stereocenters. The quantitative estimate of drug-likeness (QED) is 0.897. The second-order valence-corrected chi connectivity index (χ2v) is 9.07. The van der Waals surface area contributed by atoms with Gasteiger partial charge in [-0.05, 0) is 42.5 Å². The fourth-order valence-electron chi connectivity index (χ4n) is 3.07. The summed E-state index contributed by atoms with van der Waals surface area (Å²) < 4.78 is 28.1. The highest BCUT2D eigenvalue weighted by atomic mass is 32.2. The van der Waals surface area contributed by atoms with Gasteiger partial charge in [0.05, 0.1) is 0 Å². The van der Waals surface area contributed by atoms with Crippen molar-refractivity contribution < 1.29 is 8.42 Å². The topological polar surface area (TPSA) is 72.2 Å². The molecule has 0 aromatic carbocycles. The van der Waals surface area contributed by atoms with Gasteiger partial charge in [0, 0.05) is 17.5 Å². The summed E-state index contributed by atoms with van der Waals surface area (Å²) in [7, 11) is -3.46. The summed E-state index contributed by atoms with van der Waals surface area (Å²) in [6, 6.07) is 0.0358. The first-order valence-corrected chi connectivity index (χ1v) is 9.41. The minimum Gasteiger partial charge on any atom is -0.326 e. The molecule has 114 valence electrons. The van der Waals surface area contributed by atoms with E-state index in [0.29, 0.717) is 4.90 Å². The Hall–Kier alpha value is -0.430. The van der Waals surface area contributed by atoms with Crippen molar-refractivity contribution in [3.8, 4) is 0 Å². The summed E-state index contributed by atoms with van der Waals surface area (Å²) in [4.78, 5) is 1.14. The van der Waals surface area contributed by atoms with Crippen LogP contribution in [0.4, 0.5) is 0 Å². The summed E-state index contributed by atoms with van der Waals surface area (Å²) >= 11 is 1.42. The first-order chi connectivity index (χ1) is 9.25. The van der Waals surface area contributed by atoms with Crippen LogP contribution in [-0.2, 0) is 16.6 Å². The Labute approximate surface area is 125 Å². The lowest BCUT2D eigenvalue weighted by molar-refractivity contribution is 0.212. The largest absolute Gasteiger partial charge is 0.326 e. The van der Waals surface area contributed by atoms with E-state index in [9.17, 15) is 8.42 Å². The number of nitrogens with two attached hydrogens (primary N) is 1. The average Bonchev–Trinajstić information content (AvgIpc) is 2.69. The number of thiophene rings is 1. The molecule has 0 spiro atoms. The first kappa shape index (κ1) is 15.9. The Kier molecular flexibility index (Phi) is 4.59. The van der Waals surface area contributed by atoms with Crippen LogP contribution in [0.2, 0.25) is 0 Å². The van der Waals surface area contributed by atoms with E-state index in [2.05, 4.69) is 18.6 Å². The fraction of sp³-hybridized carbons (Fsp3) is 0.714. The zero-order valence-corrected chi connectivity index (χ0v) is 14.0. The summed E-state index contributed by atoms with van der Waals surface area (Å²) in [5.41, 5.74) is 6.66. The monoisotopic (exact) mass is 316 g/mol. The van der Waals surface area contributed by atoms with Gasteiger partial charge in [-0.3, -0.25) is 0 Å². The molecule has 4 nitrogen and oxygen atoms in total. The van der Waals surface area contributed by atoms with Gasteiger partial charge in [-0.25, -0.2) is 13.1 Å². The maximum absolute atomic E-state index is 12.6. The molecule has 0 aliphatic heterocycles. The van der Waals surface area contributed by atoms with Gasteiger partial charge in [0.2, 0.25) is 10.0 Å². The van der Waals surface area contributed by atoms with E-state index < -0.39 is 10.0 Å². The van der Waals surface area contributed by atoms with Crippen LogP contribution in [0.15, 0.2) is 10.3 Å². The summed E-state index contributed by atoms with van der Waals surface area (Å²) in [5, 5.41) is 1.86. The fourth-order valence-corrected chi connectivity index (χ4v) is 6.04. The van der Waals surface area contributed by atoms with Gasteiger partial charge >= 0.3 is 0 Å². The van der Waals surface area contributed by atoms with E-state index in [1.807, 2.05) is 12.3 Å². The maximum Gasteiger partial charge on any atom is 0.242 e. The van der Waals surface area contributed by atoms with Crippen LogP contribution in [0.1, 0.15) is 50.0 Å². The number of rotatable bonds is 4. The summed E-state index contributed by atoms with van der Waals surface area (Å²) in [6.45, 7) is 6.50. The number of sulfonamides is 1. The van der Waals surface area contributed by atoms with Crippen LogP contribution in [0.3, 0.4) is 0 Å². The third-order valence-electron chi connectivity index (χ3n) is 3.97. The molecule has 0 radical (unpaired) electrons. The molecule has 1 aliphatic carbocycles. The van der Waals surface area contributed by atoms with Crippen molar-refractivity contribution in [2.75, 3.05) is 0 Å². The third kappa shape index (κ3) is 3.42. The van der Waals surface area contributed by atoms with Crippen LogP contribution in [-0.4, -0.2) is 14.5 Å². The second kappa shape index (κ2) is 5.75. The highest BCUT2D eigenvalue weighted by Crippen LogP contribution is 2.36. The van der Waals surface area contributed by atoms with Gasteiger partial charge < -0.3 is 5.73 Å². The standard InChI is InChI=1S/C14H24N2O2S2/c1-10-9-19-12(8-15)13(10)20(17,18)16-11-5-4-6-14(2,3)7-11/h9,11,16H,4-8,15H2,1-3H3. The number of hydrogen-bond acceptors (Lipinski definition) is 4.